The van der Waals surface area contributed by atoms with Crippen LogP contribution in [0.1, 0.15) is 34.0 Å². The van der Waals surface area contributed by atoms with Crippen molar-refractivity contribution < 1.29 is 14.3 Å². The van der Waals surface area contributed by atoms with Crippen LogP contribution in [-0.2, 0) is 9.53 Å². The molecule has 0 spiro atoms. The summed E-state index contributed by atoms with van der Waals surface area (Å²) in [5.74, 6) is -0.896. The molecule has 142 valence electrons. The van der Waals surface area contributed by atoms with E-state index in [2.05, 4.69) is 10.3 Å². The van der Waals surface area contributed by atoms with Crippen LogP contribution in [0.15, 0.2) is 54.7 Å². The highest BCUT2D eigenvalue weighted by Gasteiger charge is 2.34. The SMILES string of the molecule is COC(=O)C1CCN(C(=O)c2cn(-c3cccc(C)c3)nn2)c2ccccc21. The van der Waals surface area contributed by atoms with Gasteiger partial charge in [0.25, 0.3) is 5.91 Å². The first-order valence-electron chi connectivity index (χ1n) is 9.06. The van der Waals surface area contributed by atoms with Gasteiger partial charge in [0.15, 0.2) is 5.69 Å². The van der Waals surface area contributed by atoms with Crippen molar-refractivity contribution in [1.29, 1.82) is 0 Å². The number of esters is 1. The number of benzene rings is 2. The number of hydrogen-bond acceptors (Lipinski definition) is 5. The number of carbonyl (C=O) groups excluding carboxylic acids is 2. The van der Waals surface area contributed by atoms with E-state index in [0.717, 1.165) is 16.8 Å². The van der Waals surface area contributed by atoms with Gasteiger partial charge in [-0.15, -0.1) is 5.10 Å². The molecule has 1 aliphatic rings. The van der Waals surface area contributed by atoms with E-state index in [-0.39, 0.29) is 23.5 Å². The second kappa shape index (κ2) is 7.26. The molecule has 1 aromatic heterocycles. The van der Waals surface area contributed by atoms with Crippen LogP contribution in [0.2, 0.25) is 0 Å². The van der Waals surface area contributed by atoms with Crippen LogP contribution in [-0.4, -0.2) is 40.5 Å². The molecule has 1 amide bonds. The van der Waals surface area contributed by atoms with Crippen LogP contribution in [0.5, 0.6) is 0 Å². The summed E-state index contributed by atoms with van der Waals surface area (Å²) < 4.78 is 6.51. The van der Waals surface area contributed by atoms with Gasteiger partial charge in [-0.3, -0.25) is 9.59 Å². The van der Waals surface area contributed by atoms with E-state index >= 15 is 0 Å². The zero-order valence-electron chi connectivity index (χ0n) is 15.7. The number of methoxy groups -OCH3 is 1. The van der Waals surface area contributed by atoms with Crippen LogP contribution in [0.3, 0.4) is 0 Å². The number of aromatic nitrogens is 3. The number of carbonyl (C=O) groups is 2. The summed E-state index contributed by atoms with van der Waals surface area (Å²) in [5, 5.41) is 8.17. The average Bonchev–Trinajstić information content (AvgIpc) is 3.22. The van der Waals surface area contributed by atoms with Crippen LogP contribution >= 0.6 is 0 Å². The maximum absolute atomic E-state index is 13.1. The van der Waals surface area contributed by atoms with Crippen LogP contribution in [0, 0.1) is 6.92 Å². The van der Waals surface area contributed by atoms with Crippen LogP contribution in [0.4, 0.5) is 5.69 Å². The molecule has 0 saturated heterocycles. The van der Waals surface area contributed by atoms with Crippen molar-refractivity contribution in [2.75, 3.05) is 18.6 Å². The third-order valence-electron chi connectivity index (χ3n) is 4.95. The number of hydrogen-bond donors (Lipinski definition) is 0. The minimum Gasteiger partial charge on any atom is -0.469 e. The molecular formula is C21H20N4O3. The molecule has 0 radical (unpaired) electrons. The van der Waals surface area contributed by atoms with E-state index in [4.69, 9.17) is 4.74 Å². The number of rotatable bonds is 3. The van der Waals surface area contributed by atoms with E-state index in [1.54, 1.807) is 15.8 Å². The van der Waals surface area contributed by atoms with Gasteiger partial charge in [-0.1, -0.05) is 35.5 Å². The predicted octanol–water partition coefficient (Wildman–Crippen LogP) is 2.88. The summed E-state index contributed by atoms with van der Waals surface area (Å²) in [6.45, 7) is 2.40. The minimum atomic E-state index is -0.367. The Kier molecular flexibility index (Phi) is 4.65. The fourth-order valence-corrected chi connectivity index (χ4v) is 3.56. The highest BCUT2D eigenvalue weighted by atomic mass is 16.5. The Balaban J connectivity index is 1.65. The quantitative estimate of drug-likeness (QED) is 0.657. The number of fused-ring (bicyclic) bond motifs is 1. The van der Waals surface area contributed by atoms with E-state index in [0.29, 0.717) is 18.7 Å². The highest BCUT2D eigenvalue weighted by molar-refractivity contribution is 6.06. The zero-order chi connectivity index (χ0) is 19.7. The van der Waals surface area contributed by atoms with Gasteiger partial charge in [0.2, 0.25) is 0 Å². The standard InChI is InChI=1S/C21H20N4O3/c1-14-6-5-7-15(12-14)25-13-18(22-23-25)20(26)24-11-10-17(21(27)28-2)16-8-3-4-9-19(16)24/h3-9,12-13,17H,10-11H2,1-2H3. The lowest BCUT2D eigenvalue weighted by Gasteiger charge is -2.32. The van der Waals surface area contributed by atoms with Crippen molar-refractivity contribution in [3.05, 3.63) is 71.5 Å². The summed E-state index contributed by atoms with van der Waals surface area (Å²) in [6.07, 6.45) is 2.13. The van der Waals surface area contributed by atoms with Gasteiger partial charge >= 0.3 is 5.97 Å². The Morgan fingerprint density at radius 3 is 2.75 bits per heavy atom. The third-order valence-corrected chi connectivity index (χ3v) is 4.95. The van der Waals surface area contributed by atoms with E-state index in [1.807, 2.05) is 55.5 Å². The third kappa shape index (κ3) is 3.15. The van der Waals surface area contributed by atoms with Crippen molar-refractivity contribution in [2.24, 2.45) is 0 Å². The second-order valence-electron chi connectivity index (χ2n) is 6.77. The molecule has 0 fully saturated rings. The number of amides is 1. The van der Waals surface area contributed by atoms with Crippen molar-refractivity contribution in [3.8, 4) is 5.69 Å². The summed E-state index contributed by atoms with van der Waals surface area (Å²) in [4.78, 5) is 26.9. The van der Waals surface area contributed by atoms with Crippen molar-refractivity contribution in [3.63, 3.8) is 0 Å². The molecule has 2 aromatic carbocycles. The van der Waals surface area contributed by atoms with Gasteiger partial charge in [0, 0.05) is 12.2 Å². The Bertz CT molecular complexity index is 1040. The molecule has 0 aliphatic carbocycles. The Morgan fingerprint density at radius 2 is 1.96 bits per heavy atom. The van der Waals surface area contributed by atoms with Crippen molar-refractivity contribution in [2.45, 2.75) is 19.3 Å². The van der Waals surface area contributed by atoms with Gasteiger partial charge in [-0.25, -0.2) is 4.68 Å². The van der Waals surface area contributed by atoms with Gasteiger partial charge in [-0.2, -0.15) is 0 Å². The Hall–Kier alpha value is -3.48. The first-order valence-corrected chi connectivity index (χ1v) is 9.06. The fourth-order valence-electron chi connectivity index (χ4n) is 3.56. The Labute approximate surface area is 162 Å². The minimum absolute atomic E-state index is 0.241. The van der Waals surface area contributed by atoms with Crippen LogP contribution in [0.25, 0.3) is 5.69 Å². The number of para-hydroxylation sites is 1. The molecule has 4 rings (SSSR count). The maximum atomic E-state index is 13.1. The predicted molar refractivity (Wildman–Crippen MR) is 104 cm³/mol. The maximum Gasteiger partial charge on any atom is 0.313 e. The lowest BCUT2D eigenvalue weighted by atomic mass is 9.90. The fraction of sp³-hybridized carbons (Fsp3) is 0.238. The van der Waals surface area contributed by atoms with Gasteiger partial charge in [0.05, 0.1) is 24.9 Å². The first kappa shape index (κ1) is 17.9. The summed E-state index contributed by atoms with van der Waals surface area (Å²) in [5.41, 5.74) is 3.70. The number of aryl methyl sites for hydroxylation is 1. The summed E-state index contributed by atoms with van der Waals surface area (Å²) in [7, 11) is 1.38. The molecule has 0 N–H and O–H groups in total. The van der Waals surface area contributed by atoms with Gasteiger partial charge in [-0.05, 0) is 42.7 Å². The highest BCUT2D eigenvalue weighted by Crippen LogP contribution is 2.36. The molecule has 2 heterocycles. The lowest BCUT2D eigenvalue weighted by Crippen LogP contribution is -2.38. The normalized spacial score (nSPS) is 15.8. The molecule has 0 bridgehead atoms. The molecule has 7 heteroatoms. The zero-order valence-corrected chi connectivity index (χ0v) is 15.7. The van der Waals surface area contributed by atoms with Gasteiger partial charge in [0.1, 0.15) is 0 Å². The summed E-state index contributed by atoms with van der Waals surface area (Å²) >= 11 is 0. The van der Waals surface area contributed by atoms with E-state index in [9.17, 15) is 9.59 Å². The summed E-state index contributed by atoms with van der Waals surface area (Å²) in [6, 6.07) is 15.2. The largest absolute Gasteiger partial charge is 0.469 e. The molecule has 1 aliphatic heterocycles. The Morgan fingerprint density at radius 1 is 1.14 bits per heavy atom. The van der Waals surface area contributed by atoms with Crippen LogP contribution < -0.4 is 4.90 Å². The van der Waals surface area contributed by atoms with Crippen molar-refractivity contribution >= 4 is 17.6 Å². The molecule has 7 nitrogen and oxygen atoms in total. The molecule has 1 unspecified atom stereocenters. The molecule has 1 atom stereocenters. The first-order chi connectivity index (χ1) is 13.6. The van der Waals surface area contributed by atoms with E-state index < -0.39 is 0 Å². The number of ether oxygens (including phenoxy) is 1. The van der Waals surface area contributed by atoms with Gasteiger partial charge < -0.3 is 9.64 Å². The van der Waals surface area contributed by atoms with Crippen molar-refractivity contribution in [1.82, 2.24) is 15.0 Å². The molecule has 28 heavy (non-hydrogen) atoms. The monoisotopic (exact) mass is 376 g/mol. The number of nitrogens with zero attached hydrogens (tertiary/aromatic N) is 4. The smallest absolute Gasteiger partial charge is 0.313 e. The average molecular weight is 376 g/mol. The topological polar surface area (TPSA) is 77.3 Å². The molecule has 0 saturated carbocycles. The lowest BCUT2D eigenvalue weighted by molar-refractivity contribution is -0.142. The molecule has 3 aromatic rings. The second-order valence-corrected chi connectivity index (χ2v) is 6.77. The number of anilines is 1. The van der Waals surface area contributed by atoms with E-state index in [1.165, 1.54) is 7.11 Å². The molecular weight excluding hydrogens is 356 g/mol.